The van der Waals surface area contributed by atoms with E-state index < -0.39 is 23.5 Å². The standard InChI is InChI=1S/C18H23F2N3O2/c1-17(2,3)25-16(24)23-8-7-18(19,20)13(10-23)12-5-6-14-15(9-12)22(4)11-21-14/h5-6,9,11,13H,7-8,10H2,1-4H3. The number of aromatic nitrogens is 2. The molecule has 1 saturated heterocycles. The number of aryl methyl sites for hydroxylation is 1. The molecule has 1 aromatic carbocycles. The molecule has 1 fully saturated rings. The van der Waals surface area contributed by atoms with E-state index in [1.807, 2.05) is 7.05 Å². The van der Waals surface area contributed by atoms with Gasteiger partial charge in [0.15, 0.2) is 0 Å². The fourth-order valence-corrected chi connectivity index (χ4v) is 3.10. The van der Waals surface area contributed by atoms with Gasteiger partial charge in [-0.1, -0.05) is 6.07 Å². The van der Waals surface area contributed by atoms with Crippen molar-refractivity contribution in [2.75, 3.05) is 13.1 Å². The van der Waals surface area contributed by atoms with Crippen LogP contribution in [0.5, 0.6) is 0 Å². The lowest BCUT2D eigenvalue weighted by Gasteiger charge is -2.39. The number of rotatable bonds is 1. The van der Waals surface area contributed by atoms with Crippen LogP contribution in [0.1, 0.15) is 38.7 Å². The van der Waals surface area contributed by atoms with Crippen LogP contribution in [0, 0.1) is 0 Å². The smallest absolute Gasteiger partial charge is 0.410 e. The van der Waals surface area contributed by atoms with Gasteiger partial charge in [-0.25, -0.2) is 18.6 Å². The topological polar surface area (TPSA) is 47.4 Å². The Kier molecular flexibility index (Phi) is 4.21. The Hall–Kier alpha value is -2.18. The molecule has 0 radical (unpaired) electrons. The molecule has 1 atom stereocenters. The van der Waals surface area contributed by atoms with Gasteiger partial charge in [0.05, 0.1) is 23.3 Å². The Labute approximate surface area is 145 Å². The number of hydrogen-bond donors (Lipinski definition) is 0. The van der Waals surface area contributed by atoms with Crippen LogP contribution in [0.2, 0.25) is 0 Å². The van der Waals surface area contributed by atoms with Gasteiger partial charge in [0, 0.05) is 26.6 Å². The van der Waals surface area contributed by atoms with E-state index in [9.17, 15) is 13.6 Å². The highest BCUT2D eigenvalue weighted by molar-refractivity contribution is 5.76. The van der Waals surface area contributed by atoms with Crippen LogP contribution in [0.3, 0.4) is 0 Å². The summed E-state index contributed by atoms with van der Waals surface area (Å²) >= 11 is 0. The molecule has 5 nitrogen and oxygen atoms in total. The number of alkyl halides is 2. The monoisotopic (exact) mass is 351 g/mol. The summed E-state index contributed by atoms with van der Waals surface area (Å²) in [5, 5.41) is 0. The van der Waals surface area contributed by atoms with Crippen LogP contribution in [0.4, 0.5) is 13.6 Å². The second-order valence-corrected chi connectivity index (χ2v) is 7.59. The minimum absolute atomic E-state index is 0.00757. The third-order valence-electron chi connectivity index (χ3n) is 4.43. The van der Waals surface area contributed by atoms with Gasteiger partial charge in [-0.15, -0.1) is 0 Å². The van der Waals surface area contributed by atoms with Gasteiger partial charge in [0.1, 0.15) is 5.60 Å². The second kappa shape index (κ2) is 5.97. The molecule has 2 heterocycles. The number of piperidine rings is 1. The van der Waals surface area contributed by atoms with Crippen LogP contribution in [0.25, 0.3) is 11.0 Å². The molecule has 3 rings (SSSR count). The molecule has 0 aliphatic carbocycles. The highest BCUT2D eigenvalue weighted by Crippen LogP contribution is 2.41. The van der Waals surface area contributed by atoms with Crippen molar-refractivity contribution >= 4 is 17.1 Å². The largest absolute Gasteiger partial charge is 0.444 e. The number of carbonyl (C=O) groups is 1. The van der Waals surface area contributed by atoms with E-state index in [0.29, 0.717) is 5.56 Å². The fourth-order valence-electron chi connectivity index (χ4n) is 3.10. The molecule has 1 aromatic heterocycles. The third-order valence-corrected chi connectivity index (χ3v) is 4.43. The zero-order valence-corrected chi connectivity index (χ0v) is 14.9. The van der Waals surface area contributed by atoms with Gasteiger partial charge in [0.2, 0.25) is 0 Å². The van der Waals surface area contributed by atoms with Crippen molar-refractivity contribution in [1.82, 2.24) is 14.5 Å². The molecule has 0 N–H and O–H groups in total. The molecule has 1 aliphatic rings. The molecule has 2 aromatic rings. The number of hydrogen-bond acceptors (Lipinski definition) is 3. The maximum atomic E-state index is 14.6. The SMILES string of the molecule is Cn1cnc2ccc(C3CN(C(=O)OC(C)(C)C)CCC3(F)F)cc21. The quantitative estimate of drug-likeness (QED) is 0.782. The predicted octanol–water partition coefficient (Wildman–Crippen LogP) is 3.93. The van der Waals surface area contributed by atoms with E-state index in [1.54, 1.807) is 49.9 Å². The van der Waals surface area contributed by atoms with Crippen molar-refractivity contribution in [3.05, 3.63) is 30.1 Å². The van der Waals surface area contributed by atoms with Crippen molar-refractivity contribution < 1.29 is 18.3 Å². The number of carbonyl (C=O) groups excluding carboxylic acids is 1. The molecule has 7 heteroatoms. The molecule has 0 spiro atoms. The van der Waals surface area contributed by atoms with Gasteiger partial charge in [-0.2, -0.15) is 0 Å². The Balaban J connectivity index is 1.88. The average molecular weight is 351 g/mol. The Morgan fingerprint density at radius 1 is 1.36 bits per heavy atom. The Bertz CT molecular complexity index is 795. The minimum Gasteiger partial charge on any atom is -0.444 e. The lowest BCUT2D eigenvalue weighted by atomic mass is 9.87. The first-order valence-electron chi connectivity index (χ1n) is 8.33. The first-order chi connectivity index (χ1) is 11.6. The van der Waals surface area contributed by atoms with Crippen molar-refractivity contribution in [1.29, 1.82) is 0 Å². The first-order valence-corrected chi connectivity index (χ1v) is 8.33. The van der Waals surface area contributed by atoms with E-state index in [0.717, 1.165) is 11.0 Å². The molecule has 1 aliphatic heterocycles. The lowest BCUT2D eigenvalue weighted by molar-refractivity contribution is -0.0770. The molecule has 136 valence electrons. The number of fused-ring (bicyclic) bond motifs is 1. The van der Waals surface area contributed by atoms with E-state index in [4.69, 9.17) is 4.74 Å². The van der Waals surface area contributed by atoms with Gasteiger partial charge in [0.25, 0.3) is 5.92 Å². The van der Waals surface area contributed by atoms with Crippen molar-refractivity contribution in [2.24, 2.45) is 7.05 Å². The van der Waals surface area contributed by atoms with Gasteiger partial charge < -0.3 is 14.2 Å². The molecular formula is C18H23F2N3O2. The van der Waals surface area contributed by atoms with Crippen molar-refractivity contribution in [2.45, 2.75) is 44.6 Å². The van der Waals surface area contributed by atoms with Crippen LogP contribution in [0.15, 0.2) is 24.5 Å². The Morgan fingerprint density at radius 2 is 2.08 bits per heavy atom. The number of ether oxygens (including phenoxy) is 1. The van der Waals surface area contributed by atoms with E-state index in [-0.39, 0.29) is 19.5 Å². The van der Waals surface area contributed by atoms with Crippen LogP contribution < -0.4 is 0 Å². The predicted molar refractivity (Wildman–Crippen MR) is 90.8 cm³/mol. The number of benzene rings is 1. The summed E-state index contributed by atoms with van der Waals surface area (Å²) in [4.78, 5) is 17.9. The highest BCUT2D eigenvalue weighted by atomic mass is 19.3. The van der Waals surface area contributed by atoms with Crippen molar-refractivity contribution in [3.8, 4) is 0 Å². The number of amides is 1. The number of halogens is 2. The molecule has 0 bridgehead atoms. The summed E-state index contributed by atoms with van der Waals surface area (Å²) in [7, 11) is 1.82. The maximum absolute atomic E-state index is 14.6. The first kappa shape index (κ1) is 17.6. The number of nitrogens with zero attached hydrogens (tertiary/aromatic N) is 3. The summed E-state index contributed by atoms with van der Waals surface area (Å²) < 4.78 is 36.2. The van der Waals surface area contributed by atoms with E-state index in [2.05, 4.69) is 4.98 Å². The van der Waals surface area contributed by atoms with E-state index in [1.165, 1.54) is 4.90 Å². The van der Waals surface area contributed by atoms with E-state index >= 15 is 0 Å². The Morgan fingerprint density at radius 3 is 2.76 bits per heavy atom. The maximum Gasteiger partial charge on any atom is 0.410 e. The lowest BCUT2D eigenvalue weighted by Crippen LogP contribution is -2.49. The molecule has 1 unspecified atom stereocenters. The van der Waals surface area contributed by atoms with Crippen LogP contribution >= 0.6 is 0 Å². The van der Waals surface area contributed by atoms with Crippen LogP contribution in [-0.2, 0) is 11.8 Å². The number of likely N-dealkylation sites (tertiary alicyclic amines) is 1. The summed E-state index contributed by atoms with van der Waals surface area (Å²) in [6.45, 7) is 5.21. The zero-order valence-electron chi connectivity index (χ0n) is 14.9. The summed E-state index contributed by atoms with van der Waals surface area (Å²) in [5.41, 5.74) is 1.41. The van der Waals surface area contributed by atoms with Crippen LogP contribution in [-0.4, -0.2) is 45.2 Å². The second-order valence-electron chi connectivity index (χ2n) is 7.59. The normalized spacial score (nSPS) is 20.7. The number of imidazole rings is 1. The van der Waals surface area contributed by atoms with Gasteiger partial charge >= 0.3 is 6.09 Å². The molecular weight excluding hydrogens is 328 g/mol. The van der Waals surface area contributed by atoms with Gasteiger partial charge in [-0.3, -0.25) is 0 Å². The average Bonchev–Trinajstić information content (AvgIpc) is 2.86. The minimum atomic E-state index is -2.87. The van der Waals surface area contributed by atoms with Gasteiger partial charge in [-0.05, 0) is 38.5 Å². The van der Waals surface area contributed by atoms with Crippen molar-refractivity contribution in [3.63, 3.8) is 0 Å². The summed E-state index contributed by atoms with van der Waals surface area (Å²) in [6.07, 6.45) is 0.732. The zero-order chi connectivity index (χ0) is 18.4. The fraction of sp³-hybridized carbons (Fsp3) is 0.556. The summed E-state index contributed by atoms with van der Waals surface area (Å²) in [6, 6.07) is 5.15. The third kappa shape index (κ3) is 3.60. The molecule has 1 amide bonds. The molecule has 0 saturated carbocycles. The molecule has 25 heavy (non-hydrogen) atoms. The highest BCUT2D eigenvalue weighted by Gasteiger charge is 2.46. The summed E-state index contributed by atoms with van der Waals surface area (Å²) in [5.74, 6) is -3.93.